The molecule has 0 saturated heterocycles. The maximum absolute atomic E-state index is 12.8. The minimum absolute atomic E-state index is 0.178. The molecule has 1 amide bonds. The topological polar surface area (TPSA) is 68.3 Å². The van der Waals surface area contributed by atoms with Crippen molar-refractivity contribution in [2.45, 2.75) is 19.1 Å². The third-order valence-electron chi connectivity index (χ3n) is 2.75. The van der Waals surface area contributed by atoms with Gasteiger partial charge < -0.3 is 10.6 Å². The van der Waals surface area contributed by atoms with Crippen LogP contribution < -0.4 is 11.3 Å². The average molecular weight is 321 g/mol. The summed E-state index contributed by atoms with van der Waals surface area (Å²) < 4.78 is 38.8. The van der Waals surface area contributed by atoms with Crippen LogP contribution in [-0.4, -0.2) is 34.0 Å². The van der Waals surface area contributed by atoms with Crippen molar-refractivity contribution in [3.63, 3.8) is 0 Å². The number of hydrogen-bond acceptors (Lipinski definition) is 3. The van der Waals surface area contributed by atoms with Crippen molar-refractivity contribution in [1.29, 1.82) is 0 Å². The summed E-state index contributed by atoms with van der Waals surface area (Å²) in [6, 6.07) is 2.73. The van der Waals surface area contributed by atoms with Crippen LogP contribution >= 0.6 is 12.2 Å². The highest BCUT2D eigenvalue weighted by Gasteiger charge is 2.34. The lowest BCUT2D eigenvalue weighted by Gasteiger charge is -2.19. The van der Waals surface area contributed by atoms with Gasteiger partial charge in [0.25, 0.3) is 5.56 Å². The van der Waals surface area contributed by atoms with E-state index in [1.54, 1.807) is 0 Å². The summed E-state index contributed by atoms with van der Waals surface area (Å²) in [5.74, 6) is -0.634. The van der Waals surface area contributed by atoms with E-state index >= 15 is 0 Å². The molecule has 0 atom stereocenters. The number of amides is 1. The molecule has 1 aromatic heterocycles. The Morgan fingerprint density at radius 3 is 2.57 bits per heavy atom. The average Bonchev–Trinajstić information content (AvgIpc) is 2.36. The van der Waals surface area contributed by atoms with Gasteiger partial charge in [-0.15, -0.1) is 0 Å². The molecule has 1 heterocycles. The van der Waals surface area contributed by atoms with E-state index in [-0.39, 0.29) is 18.0 Å². The lowest BCUT2D eigenvalue weighted by molar-refractivity contribution is -0.145. The molecule has 1 rings (SSSR count). The maximum atomic E-state index is 12.8. The molecule has 116 valence electrons. The zero-order chi connectivity index (χ0) is 16.2. The number of nitrogens with two attached hydrogens (primary N) is 1. The number of rotatable bonds is 5. The molecule has 0 aliphatic rings. The first kappa shape index (κ1) is 17.2. The highest BCUT2D eigenvalue weighted by atomic mass is 32.1. The zero-order valence-corrected chi connectivity index (χ0v) is 12.0. The van der Waals surface area contributed by atoms with Crippen LogP contribution in [0.25, 0.3) is 0 Å². The first-order valence-corrected chi connectivity index (χ1v) is 6.33. The molecule has 0 radical (unpaired) electrons. The molecular weight excluding hydrogens is 307 g/mol. The SMILES string of the molecule is CN(CCC(N)=S)C(=O)Cn1c(C(F)(F)F)cccc1=O. The Bertz CT molecular complexity index is 598. The Morgan fingerprint density at radius 1 is 1.43 bits per heavy atom. The van der Waals surface area contributed by atoms with E-state index in [0.717, 1.165) is 18.2 Å². The number of alkyl halides is 3. The van der Waals surface area contributed by atoms with Crippen LogP contribution in [0.2, 0.25) is 0 Å². The van der Waals surface area contributed by atoms with E-state index in [0.29, 0.717) is 4.57 Å². The minimum Gasteiger partial charge on any atom is -0.393 e. The summed E-state index contributed by atoms with van der Waals surface area (Å²) >= 11 is 4.66. The lowest BCUT2D eigenvalue weighted by atomic mass is 10.3. The van der Waals surface area contributed by atoms with Gasteiger partial charge in [-0.2, -0.15) is 13.2 Å². The summed E-state index contributed by atoms with van der Waals surface area (Å²) in [4.78, 5) is 24.8. The number of nitrogens with zero attached hydrogens (tertiary/aromatic N) is 2. The van der Waals surface area contributed by atoms with Crippen LogP contribution in [0, 0.1) is 0 Å². The van der Waals surface area contributed by atoms with Crippen LogP contribution in [0.1, 0.15) is 12.1 Å². The minimum atomic E-state index is -4.71. The smallest absolute Gasteiger partial charge is 0.393 e. The fraction of sp³-hybridized carbons (Fsp3) is 0.417. The predicted octanol–water partition coefficient (Wildman–Crippen LogP) is 1.00. The van der Waals surface area contributed by atoms with Crippen molar-refractivity contribution in [2.24, 2.45) is 5.73 Å². The van der Waals surface area contributed by atoms with Crippen LogP contribution in [0.15, 0.2) is 23.0 Å². The number of hydrogen-bond donors (Lipinski definition) is 1. The first-order chi connectivity index (χ1) is 9.62. The monoisotopic (exact) mass is 321 g/mol. The van der Waals surface area contributed by atoms with E-state index < -0.39 is 29.9 Å². The Kier molecular flexibility index (Phi) is 5.47. The van der Waals surface area contributed by atoms with E-state index in [9.17, 15) is 22.8 Å². The third-order valence-corrected chi connectivity index (χ3v) is 2.96. The molecule has 21 heavy (non-hydrogen) atoms. The number of likely N-dealkylation sites (N-methyl/N-ethyl adjacent to an activating group) is 1. The number of aromatic nitrogens is 1. The highest BCUT2D eigenvalue weighted by Crippen LogP contribution is 2.28. The Morgan fingerprint density at radius 2 is 2.05 bits per heavy atom. The molecule has 0 bridgehead atoms. The standard InChI is InChI=1S/C12H14F3N3O2S/c1-17(6-5-9(16)21)11(20)7-18-8(12(13,14)15)3-2-4-10(18)19/h2-4H,5-7H2,1H3,(H2,16,21). The first-order valence-electron chi connectivity index (χ1n) is 5.92. The van der Waals surface area contributed by atoms with E-state index in [1.165, 1.54) is 11.9 Å². The summed E-state index contributed by atoms with van der Waals surface area (Å²) in [6.07, 6.45) is -4.45. The van der Waals surface area contributed by atoms with Crippen LogP contribution in [-0.2, 0) is 17.5 Å². The molecule has 0 spiro atoms. The van der Waals surface area contributed by atoms with Gasteiger partial charge in [0, 0.05) is 26.1 Å². The summed E-state index contributed by atoms with van der Waals surface area (Å²) in [5, 5.41) is 0. The molecule has 2 N–H and O–H groups in total. The van der Waals surface area contributed by atoms with Gasteiger partial charge in [0.05, 0.1) is 4.99 Å². The zero-order valence-electron chi connectivity index (χ0n) is 11.2. The molecule has 9 heteroatoms. The fourth-order valence-corrected chi connectivity index (χ4v) is 1.68. The van der Waals surface area contributed by atoms with Gasteiger partial charge in [0.2, 0.25) is 5.91 Å². The summed E-state index contributed by atoms with van der Waals surface area (Å²) in [7, 11) is 1.40. The van der Waals surface area contributed by atoms with E-state index in [2.05, 4.69) is 12.2 Å². The number of carbonyl (C=O) groups excluding carboxylic acids is 1. The Hall–Kier alpha value is -1.90. The predicted molar refractivity (Wildman–Crippen MR) is 74.7 cm³/mol. The number of carbonyl (C=O) groups is 1. The van der Waals surface area contributed by atoms with Crippen molar-refractivity contribution < 1.29 is 18.0 Å². The fourth-order valence-electron chi connectivity index (χ4n) is 1.59. The second-order valence-corrected chi connectivity index (χ2v) is 4.89. The number of thiocarbonyl (C=S) groups is 1. The van der Waals surface area contributed by atoms with Crippen molar-refractivity contribution in [1.82, 2.24) is 9.47 Å². The van der Waals surface area contributed by atoms with Gasteiger partial charge in [-0.25, -0.2) is 0 Å². The molecule has 0 aromatic carbocycles. The van der Waals surface area contributed by atoms with Crippen LogP contribution in [0.5, 0.6) is 0 Å². The van der Waals surface area contributed by atoms with Gasteiger partial charge >= 0.3 is 6.18 Å². The quantitative estimate of drug-likeness (QED) is 0.822. The molecule has 0 saturated carbocycles. The van der Waals surface area contributed by atoms with Crippen LogP contribution in [0.3, 0.4) is 0 Å². The number of halogens is 3. The second kappa shape index (κ2) is 6.70. The Balaban J connectivity index is 2.95. The third kappa shape index (κ3) is 4.85. The molecule has 0 fully saturated rings. The van der Waals surface area contributed by atoms with E-state index in [4.69, 9.17) is 5.73 Å². The molecule has 0 aliphatic heterocycles. The second-order valence-electron chi connectivity index (χ2n) is 4.36. The van der Waals surface area contributed by atoms with Crippen molar-refractivity contribution >= 4 is 23.1 Å². The Labute approximate surface area is 124 Å². The molecule has 0 aliphatic carbocycles. The largest absolute Gasteiger partial charge is 0.431 e. The van der Waals surface area contributed by atoms with Gasteiger partial charge in [-0.3, -0.25) is 14.2 Å². The molecular formula is C12H14F3N3O2S. The normalized spacial score (nSPS) is 11.2. The van der Waals surface area contributed by atoms with Gasteiger partial charge in [-0.1, -0.05) is 18.3 Å². The highest BCUT2D eigenvalue weighted by molar-refractivity contribution is 7.80. The molecule has 0 unspecified atom stereocenters. The molecule has 5 nitrogen and oxygen atoms in total. The van der Waals surface area contributed by atoms with Crippen molar-refractivity contribution in [3.05, 3.63) is 34.2 Å². The summed E-state index contributed by atoms with van der Waals surface area (Å²) in [6.45, 7) is -0.514. The molecule has 1 aromatic rings. The van der Waals surface area contributed by atoms with Crippen molar-refractivity contribution in [3.8, 4) is 0 Å². The maximum Gasteiger partial charge on any atom is 0.431 e. The van der Waals surface area contributed by atoms with Gasteiger partial charge in [-0.05, 0) is 6.07 Å². The van der Waals surface area contributed by atoms with Crippen molar-refractivity contribution in [2.75, 3.05) is 13.6 Å². The summed E-state index contributed by atoms with van der Waals surface area (Å²) in [5.41, 5.74) is 3.24. The van der Waals surface area contributed by atoms with Gasteiger partial charge in [0.1, 0.15) is 12.2 Å². The van der Waals surface area contributed by atoms with E-state index in [1.807, 2.05) is 0 Å². The lowest BCUT2D eigenvalue weighted by Crippen LogP contribution is -2.37. The number of pyridine rings is 1. The van der Waals surface area contributed by atoms with Crippen LogP contribution in [0.4, 0.5) is 13.2 Å². The van der Waals surface area contributed by atoms with Gasteiger partial charge in [0.15, 0.2) is 0 Å².